The van der Waals surface area contributed by atoms with Crippen molar-refractivity contribution in [1.29, 1.82) is 0 Å². The third-order valence-corrected chi connectivity index (χ3v) is 16.8. The normalized spacial score (nSPS) is 26.0. The summed E-state index contributed by atoms with van der Waals surface area (Å²) in [4.78, 5) is 55.6. The van der Waals surface area contributed by atoms with Gasteiger partial charge in [0.05, 0.1) is 34.0 Å². The third-order valence-electron chi connectivity index (χ3n) is 13.8. The average molecular weight is 869 g/mol. The minimum Gasteiger partial charge on any atom is -0.488 e. The lowest BCUT2D eigenvalue weighted by Crippen LogP contribution is -2.47. The van der Waals surface area contributed by atoms with Gasteiger partial charge in [0.15, 0.2) is 5.78 Å². The van der Waals surface area contributed by atoms with Gasteiger partial charge in [-0.15, -0.1) is 11.3 Å². The molecule has 4 heterocycles. The number of ketones is 1. The van der Waals surface area contributed by atoms with Gasteiger partial charge in [-0.25, -0.2) is 22.8 Å². The van der Waals surface area contributed by atoms with Gasteiger partial charge in [-0.2, -0.15) is 0 Å². The van der Waals surface area contributed by atoms with Crippen LogP contribution in [0.15, 0.2) is 53.9 Å². The van der Waals surface area contributed by atoms with Crippen molar-refractivity contribution < 1.29 is 31.9 Å². The molecule has 2 aliphatic heterocycles. The Bertz CT molecular complexity index is 2530. The predicted octanol–water partition coefficient (Wildman–Crippen LogP) is 9.24. The van der Waals surface area contributed by atoms with E-state index in [9.17, 15) is 22.4 Å². The third kappa shape index (κ3) is 8.66. The number of amides is 2. The smallest absolute Gasteiger partial charge is 0.240 e. The molecule has 4 aromatic rings. The highest BCUT2D eigenvalue weighted by Gasteiger charge is 2.62. The maximum atomic E-state index is 15.0. The van der Waals surface area contributed by atoms with Crippen LogP contribution >= 0.6 is 11.3 Å². The van der Waals surface area contributed by atoms with E-state index in [4.69, 9.17) is 14.7 Å². The van der Waals surface area contributed by atoms with Crippen LogP contribution in [0.2, 0.25) is 0 Å². The molecule has 2 amide bonds. The second kappa shape index (κ2) is 16.7. The Morgan fingerprint density at radius 1 is 1.05 bits per heavy atom. The van der Waals surface area contributed by atoms with Crippen molar-refractivity contribution in [2.24, 2.45) is 17.3 Å². The number of aryl methyl sites for hydroxylation is 3. The Kier molecular flexibility index (Phi) is 11.8. The Balaban J connectivity index is 1.15. The van der Waals surface area contributed by atoms with Gasteiger partial charge < -0.3 is 9.64 Å². The number of benzene rings is 2. The average Bonchev–Trinajstić information content (AvgIpc) is 3.99. The van der Waals surface area contributed by atoms with Crippen LogP contribution in [0.1, 0.15) is 119 Å². The summed E-state index contributed by atoms with van der Waals surface area (Å²) in [5.74, 6) is -1.37. The van der Waals surface area contributed by atoms with Crippen LogP contribution in [0, 0.1) is 43.8 Å². The summed E-state index contributed by atoms with van der Waals surface area (Å²) in [6.45, 7) is 11.8. The molecule has 2 aromatic heterocycles. The number of rotatable bonds is 9. The summed E-state index contributed by atoms with van der Waals surface area (Å²) in [5, 5.41) is 3.63. The molecular formula is C48H57FN4O6S2. The molecule has 1 saturated heterocycles. The molecule has 0 radical (unpaired) electrons. The molecule has 2 saturated carbocycles. The van der Waals surface area contributed by atoms with Crippen molar-refractivity contribution in [3.05, 3.63) is 87.7 Å². The van der Waals surface area contributed by atoms with Gasteiger partial charge in [0, 0.05) is 35.6 Å². The van der Waals surface area contributed by atoms with E-state index in [2.05, 4.69) is 18.6 Å². The number of nitrogens with zero attached hydrogens (tertiary/aromatic N) is 3. The number of allylic oxidation sites excluding steroid dienone is 2. The van der Waals surface area contributed by atoms with Crippen LogP contribution in [0.5, 0.6) is 5.75 Å². The molecule has 2 aliphatic carbocycles. The molecule has 324 valence electrons. The maximum absolute atomic E-state index is 15.0. The molecule has 13 heteroatoms. The lowest BCUT2D eigenvalue weighted by atomic mass is 9.89. The molecule has 0 spiro atoms. The SMILES string of the molecule is Cc1cc(C[C@H]2CCCCC/C=C\[C@H]3C[C@@]3(C(=O)NS(=O)(=O)C3(C)CC3)CC(=O)[C@@H]3C[C@@H](Oc4cc(-c5nc(C(C)C)cs5)nc5c(C)c(C)ccc45)CN3C2=O)ccc1F. The van der Waals surface area contributed by atoms with Crippen LogP contribution in [-0.2, 0) is 30.8 Å². The number of fused-ring (bicyclic) bond motifs is 3. The highest BCUT2D eigenvalue weighted by atomic mass is 32.2. The number of carbonyl (C=O) groups is 3. The minimum absolute atomic E-state index is 0.141. The summed E-state index contributed by atoms with van der Waals surface area (Å²) < 4.78 is 49.3. The number of carbonyl (C=O) groups excluding carboxylic acids is 3. The first kappa shape index (κ1) is 43.2. The number of sulfonamides is 1. The zero-order valence-electron chi connectivity index (χ0n) is 36.1. The largest absolute Gasteiger partial charge is 0.488 e. The zero-order valence-corrected chi connectivity index (χ0v) is 37.7. The second-order valence-corrected chi connectivity index (χ2v) is 21.7. The van der Waals surface area contributed by atoms with E-state index >= 15 is 4.79 Å². The van der Waals surface area contributed by atoms with Gasteiger partial charge in [-0.05, 0) is 119 Å². The zero-order chi connectivity index (χ0) is 43.4. The fraction of sp³-hybridized carbons (Fsp3) is 0.521. The van der Waals surface area contributed by atoms with Crippen LogP contribution < -0.4 is 9.46 Å². The van der Waals surface area contributed by atoms with Crippen molar-refractivity contribution >= 4 is 49.9 Å². The van der Waals surface area contributed by atoms with Crippen molar-refractivity contribution in [2.45, 2.75) is 135 Å². The summed E-state index contributed by atoms with van der Waals surface area (Å²) in [7, 11) is -3.94. The van der Waals surface area contributed by atoms with Crippen LogP contribution in [0.25, 0.3) is 21.6 Å². The van der Waals surface area contributed by atoms with Gasteiger partial charge in [0.25, 0.3) is 0 Å². The number of hydrogen-bond donors (Lipinski definition) is 1. The Morgan fingerprint density at radius 3 is 2.56 bits per heavy atom. The van der Waals surface area contributed by atoms with Gasteiger partial charge >= 0.3 is 0 Å². The molecule has 4 aliphatic rings. The molecule has 8 rings (SSSR count). The minimum atomic E-state index is -3.94. The Labute approximate surface area is 362 Å². The number of thiazole rings is 1. The standard InChI is InChI=1S/C48H57FN4O6S2/c1-28(2)39-27-60-44(51-39)38-23-42(36-16-14-29(3)31(5)43(36)50-38)59-35-22-40-41(54)25-48(46(56)52-61(57,58)47(6)18-19-47)24-34(48)13-11-9-7-8-10-12-33(45(55)53(40)26-35)21-32-15-17-37(49)30(4)20-32/h11,13-17,20,23,27-28,33-35,40H,7-10,12,18-19,21-22,24-26H2,1-6H3,(H,52,56)/b13-11-/t33-,34+,35-,40+,48-/m1/s1. The van der Waals surface area contributed by atoms with E-state index in [0.29, 0.717) is 49.1 Å². The van der Waals surface area contributed by atoms with Crippen molar-refractivity contribution in [2.75, 3.05) is 6.54 Å². The molecule has 61 heavy (non-hydrogen) atoms. The van der Waals surface area contributed by atoms with Gasteiger partial charge in [0.2, 0.25) is 21.8 Å². The van der Waals surface area contributed by atoms with Crippen LogP contribution in [-0.4, -0.2) is 64.3 Å². The lowest BCUT2D eigenvalue weighted by molar-refractivity contribution is -0.142. The fourth-order valence-corrected chi connectivity index (χ4v) is 11.4. The van der Waals surface area contributed by atoms with Crippen LogP contribution in [0.4, 0.5) is 4.39 Å². The number of Topliss-reactive ketones (excluding diaryl/α,β-unsaturated/α-hetero) is 1. The summed E-state index contributed by atoms with van der Waals surface area (Å²) >= 11 is 1.53. The number of pyridine rings is 1. The lowest BCUT2D eigenvalue weighted by Gasteiger charge is -2.29. The van der Waals surface area contributed by atoms with E-state index in [-0.39, 0.29) is 48.7 Å². The molecule has 5 atom stereocenters. The van der Waals surface area contributed by atoms with E-state index in [1.807, 2.05) is 49.6 Å². The Morgan fingerprint density at radius 2 is 1.84 bits per heavy atom. The van der Waals surface area contributed by atoms with E-state index < -0.39 is 44.2 Å². The molecule has 1 N–H and O–H groups in total. The van der Waals surface area contributed by atoms with Crippen molar-refractivity contribution in [3.8, 4) is 16.5 Å². The van der Waals surface area contributed by atoms with Crippen molar-refractivity contribution in [3.63, 3.8) is 0 Å². The monoisotopic (exact) mass is 868 g/mol. The number of ether oxygens (including phenoxy) is 1. The highest BCUT2D eigenvalue weighted by Crippen LogP contribution is 2.58. The number of aromatic nitrogens is 2. The van der Waals surface area contributed by atoms with Gasteiger partial charge in [0.1, 0.15) is 28.4 Å². The summed E-state index contributed by atoms with van der Waals surface area (Å²) in [6.07, 6.45) is 9.03. The van der Waals surface area contributed by atoms with Gasteiger partial charge in [-0.1, -0.05) is 57.0 Å². The summed E-state index contributed by atoms with van der Waals surface area (Å²) in [6, 6.07) is 9.98. The number of halogens is 1. The molecule has 0 unspecified atom stereocenters. The van der Waals surface area contributed by atoms with Crippen LogP contribution in [0.3, 0.4) is 0 Å². The summed E-state index contributed by atoms with van der Waals surface area (Å²) in [5.41, 5.74) is 4.66. The van der Waals surface area contributed by atoms with E-state index in [1.165, 1.54) is 17.4 Å². The topological polar surface area (TPSA) is 136 Å². The highest BCUT2D eigenvalue weighted by molar-refractivity contribution is 7.91. The first-order valence-corrected chi connectivity index (χ1v) is 24.2. The second-order valence-electron chi connectivity index (χ2n) is 18.7. The molecule has 2 aromatic carbocycles. The number of nitrogens with one attached hydrogen (secondary N) is 1. The maximum Gasteiger partial charge on any atom is 0.240 e. The molecule has 0 bridgehead atoms. The number of hydrogen-bond acceptors (Lipinski definition) is 9. The molecular weight excluding hydrogens is 812 g/mol. The van der Waals surface area contributed by atoms with E-state index in [1.54, 1.807) is 30.9 Å². The van der Waals surface area contributed by atoms with Crippen molar-refractivity contribution in [1.82, 2.24) is 19.6 Å². The first-order valence-electron chi connectivity index (χ1n) is 21.8. The fourth-order valence-electron chi connectivity index (χ4n) is 9.09. The predicted molar refractivity (Wildman–Crippen MR) is 236 cm³/mol. The Hall–Kier alpha value is -4.49. The molecule has 3 fully saturated rings. The first-order chi connectivity index (χ1) is 29.0. The molecule has 10 nitrogen and oxygen atoms in total. The quantitative estimate of drug-likeness (QED) is 0.165. The van der Waals surface area contributed by atoms with Gasteiger partial charge in [-0.3, -0.25) is 19.1 Å². The van der Waals surface area contributed by atoms with E-state index in [0.717, 1.165) is 64.0 Å².